The number of allylic oxidation sites excluding steroid dienone is 3. The van der Waals surface area contributed by atoms with Crippen molar-refractivity contribution in [1.82, 2.24) is 9.84 Å². The second kappa shape index (κ2) is 6.24. The number of nitrogens with one attached hydrogen (secondary N) is 1. The second-order valence-corrected chi connectivity index (χ2v) is 7.26. The number of sulfonamides is 1. The Labute approximate surface area is 131 Å². The predicted octanol–water partition coefficient (Wildman–Crippen LogP) is 1.95. The highest BCUT2D eigenvalue weighted by molar-refractivity contribution is 7.89. The van der Waals surface area contributed by atoms with Crippen molar-refractivity contribution in [3.05, 3.63) is 48.6 Å². The first-order valence-electron chi connectivity index (χ1n) is 7.35. The Hall–Kier alpha value is -1.63. The lowest BCUT2D eigenvalue weighted by molar-refractivity contribution is 0.142. The molecule has 2 unspecified atom stereocenters. The Kier molecular flexibility index (Phi) is 4.33. The first-order chi connectivity index (χ1) is 10.6. The fourth-order valence-corrected chi connectivity index (χ4v) is 4.02. The molecule has 0 amide bonds. The average Bonchev–Trinajstić information content (AvgIpc) is 2.54. The third-order valence-electron chi connectivity index (χ3n) is 4.16. The van der Waals surface area contributed by atoms with Gasteiger partial charge < -0.3 is 4.74 Å². The molecule has 5 nitrogen and oxygen atoms in total. The molecule has 0 bridgehead atoms. The number of hydrogen-bond acceptors (Lipinski definition) is 4. The molecule has 2 aliphatic rings. The van der Waals surface area contributed by atoms with Gasteiger partial charge >= 0.3 is 0 Å². The van der Waals surface area contributed by atoms with E-state index in [4.69, 9.17) is 4.74 Å². The van der Waals surface area contributed by atoms with Gasteiger partial charge in [0.1, 0.15) is 5.75 Å². The summed E-state index contributed by atoms with van der Waals surface area (Å²) in [7, 11) is -1.99. The number of methoxy groups -OCH3 is 1. The van der Waals surface area contributed by atoms with Gasteiger partial charge in [-0.15, -0.1) is 4.83 Å². The van der Waals surface area contributed by atoms with E-state index in [0.717, 1.165) is 6.42 Å². The molecule has 0 radical (unpaired) electrons. The van der Waals surface area contributed by atoms with E-state index < -0.39 is 10.0 Å². The number of rotatable bonds is 4. The summed E-state index contributed by atoms with van der Waals surface area (Å²) < 4.78 is 29.9. The van der Waals surface area contributed by atoms with Gasteiger partial charge in [0.25, 0.3) is 10.0 Å². The maximum atomic E-state index is 12.4. The van der Waals surface area contributed by atoms with Crippen LogP contribution in [0.3, 0.4) is 0 Å². The van der Waals surface area contributed by atoms with Crippen LogP contribution >= 0.6 is 0 Å². The molecular weight excluding hydrogens is 300 g/mol. The van der Waals surface area contributed by atoms with Crippen molar-refractivity contribution in [3.8, 4) is 5.75 Å². The molecule has 1 fully saturated rings. The maximum Gasteiger partial charge on any atom is 0.253 e. The minimum Gasteiger partial charge on any atom is -0.497 e. The van der Waals surface area contributed by atoms with Crippen molar-refractivity contribution in [3.63, 3.8) is 0 Å². The van der Waals surface area contributed by atoms with Crippen LogP contribution in [0.4, 0.5) is 0 Å². The normalized spacial score (nSPS) is 25.0. The quantitative estimate of drug-likeness (QED) is 0.921. The van der Waals surface area contributed by atoms with Crippen LogP contribution in [0, 0.1) is 11.8 Å². The number of hydrogen-bond donors (Lipinski definition) is 1. The van der Waals surface area contributed by atoms with Gasteiger partial charge in [-0.3, -0.25) is 0 Å². The van der Waals surface area contributed by atoms with Gasteiger partial charge in [0.2, 0.25) is 0 Å². The molecule has 1 aliphatic heterocycles. The fraction of sp³-hybridized carbons (Fsp3) is 0.375. The summed E-state index contributed by atoms with van der Waals surface area (Å²) >= 11 is 0. The lowest BCUT2D eigenvalue weighted by Crippen LogP contribution is -2.49. The van der Waals surface area contributed by atoms with Gasteiger partial charge in [-0.1, -0.05) is 24.3 Å². The minimum absolute atomic E-state index is 0.245. The Balaban J connectivity index is 1.69. The van der Waals surface area contributed by atoms with E-state index in [1.807, 2.05) is 6.08 Å². The van der Waals surface area contributed by atoms with Gasteiger partial charge in [0.15, 0.2) is 0 Å². The summed E-state index contributed by atoms with van der Waals surface area (Å²) in [6.07, 6.45) is 9.41. The smallest absolute Gasteiger partial charge is 0.253 e. The Morgan fingerprint density at radius 3 is 2.50 bits per heavy atom. The van der Waals surface area contributed by atoms with E-state index in [2.05, 4.69) is 23.1 Å². The number of nitrogens with zero attached hydrogens (tertiary/aromatic N) is 1. The number of piperidine rings is 1. The van der Waals surface area contributed by atoms with E-state index >= 15 is 0 Å². The third-order valence-corrected chi connectivity index (χ3v) is 5.55. The zero-order valence-corrected chi connectivity index (χ0v) is 13.3. The SMILES string of the molecule is COc1ccc(S(=O)(=O)NN2CCC3C=CC=CC3C2)cc1. The zero-order chi connectivity index (χ0) is 15.6. The summed E-state index contributed by atoms with van der Waals surface area (Å²) in [6.45, 7) is 1.41. The van der Waals surface area contributed by atoms with Gasteiger partial charge in [-0.2, -0.15) is 0 Å². The van der Waals surface area contributed by atoms with Crippen LogP contribution in [0.2, 0.25) is 0 Å². The monoisotopic (exact) mass is 320 g/mol. The topological polar surface area (TPSA) is 58.6 Å². The van der Waals surface area contributed by atoms with E-state index in [9.17, 15) is 8.42 Å². The highest BCUT2D eigenvalue weighted by Crippen LogP contribution is 2.28. The molecule has 1 N–H and O–H groups in total. The van der Waals surface area contributed by atoms with Gasteiger partial charge in [0.05, 0.1) is 12.0 Å². The summed E-state index contributed by atoms with van der Waals surface area (Å²) in [5.74, 6) is 1.53. The maximum absolute atomic E-state index is 12.4. The number of benzene rings is 1. The first-order valence-corrected chi connectivity index (χ1v) is 8.83. The number of fused-ring (bicyclic) bond motifs is 1. The standard InChI is InChI=1S/C16H20N2O3S/c1-21-15-6-8-16(9-7-15)22(19,20)17-18-11-10-13-4-2-3-5-14(13)12-18/h2-9,13-14,17H,10-12H2,1H3. The summed E-state index contributed by atoms with van der Waals surface area (Å²) in [5, 5.41) is 1.80. The third kappa shape index (κ3) is 3.24. The molecule has 22 heavy (non-hydrogen) atoms. The van der Waals surface area contributed by atoms with Gasteiger partial charge in [-0.25, -0.2) is 13.4 Å². The number of hydrazine groups is 1. The highest BCUT2D eigenvalue weighted by atomic mass is 32.2. The lowest BCUT2D eigenvalue weighted by atomic mass is 9.83. The molecule has 118 valence electrons. The van der Waals surface area contributed by atoms with Gasteiger partial charge in [-0.05, 0) is 42.5 Å². The van der Waals surface area contributed by atoms with Crippen LogP contribution < -0.4 is 9.57 Å². The zero-order valence-electron chi connectivity index (χ0n) is 12.5. The van der Waals surface area contributed by atoms with Crippen LogP contribution in [-0.2, 0) is 10.0 Å². The molecule has 1 saturated heterocycles. The molecule has 2 atom stereocenters. The minimum atomic E-state index is -3.54. The molecule has 0 saturated carbocycles. The molecule has 1 heterocycles. The van der Waals surface area contributed by atoms with Gasteiger partial charge in [0, 0.05) is 13.1 Å². The summed E-state index contributed by atoms with van der Waals surface area (Å²) in [4.78, 5) is 2.93. The second-order valence-electron chi connectivity index (χ2n) is 5.60. The molecule has 3 rings (SSSR count). The van der Waals surface area contributed by atoms with Crippen LogP contribution in [0.1, 0.15) is 6.42 Å². The molecule has 1 aromatic carbocycles. The highest BCUT2D eigenvalue weighted by Gasteiger charge is 2.29. The van der Waals surface area contributed by atoms with Crippen LogP contribution in [0.25, 0.3) is 0 Å². The first kappa shape index (κ1) is 15.3. The summed E-state index contributed by atoms with van der Waals surface area (Å²) in [6, 6.07) is 6.40. The van der Waals surface area contributed by atoms with Crippen molar-refractivity contribution >= 4 is 10.0 Å². The lowest BCUT2D eigenvalue weighted by Gasteiger charge is -2.36. The van der Waals surface area contributed by atoms with E-state index in [1.54, 1.807) is 36.4 Å². The molecule has 1 aromatic rings. The van der Waals surface area contributed by atoms with Crippen molar-refractivity contribution in [2.75, 3.05) is 20.2 Å². The fourth-order valence-electron chi connectivity index (χ4n) is 2.92. The van der Waals surface area contributed by atoms with Crippen LogP contribution in [0.5, 0.6) is 5.75 Å². The molecular formula is C16H20N2O3S. The Bertz CT molecular complexity index is 680. The Morgan fingerprint density at radius 1 is 1.14 bits per heavy atom. The van der Waals surface area contributed by atoms with Crippen molar-refractivity contribution in [1.29, 1.82) is 0 Å². The number of ether oxygens (including phenoxy) is 1. The van der Waals surface area contributed by atoms with E-state index in [1.165, 1.54) is 0 Å². The van der Waals surface area contributed by atoms with Crippen molar-refractivity contribution in [2.45, 2.75) is 11.3 Å². The van der Waals surface area contributed by atoms with E-state index in [-0.39, 0.29) is 4.90 Å². The van der Waals surface area contributed by atoms with Crippen molar-refractivity contribution in [2.24, 2.45) is 11.8 Å². The predicted molar refractivity (Wildman–Crippen MR) is 84.8 cm³/mol. The molecule has 0 aromatic heterocycles. The molecule has 0 spiro atoms. The Morgan fingerprint density at radius 2 is 1.82 bits per heavy atom. The molecule has 1 aliphatic carbocycles. The largest absolute Gasteiger partial charge is 0.497 e. The molecule has 6 heteroatoms. The summed E-state index contributed by atoms with van der Waals surface area (Å²) in [5.41, 5.74) is 0. The average molecular weight is 320 g/mol. The van der Waals surface area contributed by atoms with E-state index in [0.29, 0.717) is 30.7 Å². The van der Waals surface area contributed by atoms with Crippen LogP contribution in [-0.4, -0.2) is 33.6 Å². The van der Waals surface area contributed by atoms with Crippen LogP contribution in [0.15, 0.2) is 53.5 Å². The van der Waals surface area contributed by atoms with Crippen molar-refractivity contribution < 1.29 is 13.2 Å².